The monoisotopic (exact) mass is 349 g/mol. The molecule has 0 aromatic rings. The molecule has 2 saturated heterocycles. The Morgan fingerprint density at radius 2 is 1.44 bits per heavy atom. The fraction of sp³-hybridized carbons (Fsp3) is 0.900. The summed E-state index contributed by atoms with van der Waals surface area (Å²) >= 11 is 0. The molecule has 3 fully saturated rings. The van der Waals surface area contributed by atoms with Crippen LogP contribution in [-0.4, -0.2) is 71.8 Å². The lowest BCUT2D eigenvalue weighted by Gasteiger charge is -2.42. The number of carbonyl (C=O) groups excluding carboxylic acids is 2. The van der Waals surface area contributed by atoms with Crippen LogP contribution in [0.3, 0.4) is 0 Å². The molecule has 0 radical (unpaired) electrons. The third kappa shape index (κ3) is 4.55. The van der Waals surface area contributed by atoms with Gasteiger partial charge in [0, 0.05) is 45.7 Å². The van der Waals surface area contributed by atoms with Gasteiger partial charge in [0.2, 0.25) is 11.8 Å². The molecule has 0 bridgehead atoms. The molecule has 5 heteroatoms. The summed E-state index contributed by atoms with van der Waals surface area (Å²) < 4.78 is 0. The number of hydrogen-bond acceptors (Lipinski definition) is 3. The zero-order chi connectivity index (χ0) is 17.8. The van der Waals surface area contributed by atoms with Crippen LogP contribution < -0.4 is 0 Å². The Balaban J connectivity index is 1.62. The van der Waals surface area contributed by atoms with Crippen LogP contribution in [0.25, 0.3) is 0 Å². The maximum Gasteiger partial charge on any atom is 0.240 e. The lowest BCUT2D eigenvalue weighted by atomic mass is 9.94. The molecule has 0 aromatic heterocycles. The van der Waals surface area contributed by atoms with E-state index in [2.05, 4.69) is 23.6 Å². The molecule has 142 valence electrons. The maximum absolute atomic E-state index is 13.2. The topological polar surface area (TPSA) is 43.9 Å². The van der Waals surface area contributed by atoms with Crippen LogP contribution in [0.5, 0.6) is 0 Å². The molecule has 2 heterocycles. The van der Waals surface area contributed by atoms with Gasteiger partial charge in [-0.1, -0.05) is 26.7 Å². The van der Waals surface area contributed by atoms with Gasteiger partial charge in [-0.25, -0.2) is 0 Å². The van der Waals surface area contributed by atoms with E-state index in [9.17, 15) is 9.59 Å². The Kier molecular flexibility index (Phi) is 6.37. The second-order valence-corrected chi connectivity index (χ2v) is 8.54. The van der Waals surface area contributed by atoms with Gasteiger partial charge in [-0.15, -0.1) is 0 Å². The standard InChI is InChI=1S/C20H35N3O2/c1-16(2)15-18(24)21-11-13-22(14-12-21)19(17-7-3-4-8-17)20(25)23-9-5-6-10-23/h16-17,19H,3-15H2,1-2H3. The summed E-state index contributed by atoms with van der Waals surface area (Å²) in [5, 5.41) is 0. The van der Waals surface area contributed by atoms with Gasteiger partial charge in [-0.2, -0.15) is 0 Å². The Morgan fingerprint density at radius 3 is 2.00 bits per heavy atom. The van der Waals surface area contributed by atoms with Crippen LogP contribution in [0.15, 0.2) is 0 Å². The van der Waals surface area contributed by atoms with E-state index < -0.39 is 0 Å². The van der Waals surface area contributed by atoms with Crippen molar-refractivity contribution < 1.29 is 9.59 Å². The van der Waals surface area contributed by atoms with Crippen molar-refractivity contribution in [3.05, 3.63) is 0 Å². The van der Waals surface area contributed by atoms with Gasteiger partial charge < -0.3 is 9.80 Å². The molecule has 3 rings (SSSR count). The highest BCUT2D eigenvalue weighted by molar-refractivity contribution is 5.82. The van der Waals surface area contributed by atoms with Crippen LogP contribution in [0, 0.1) is 11.8 Å². The van der Waals surface area contributed by atoms with Crippen LogP contribution in [0.4, 0.5) is 0 Å². The SMILES string of the molecule is CC(C)CC(=O)N1CCN(C(C(=O)N2CCCC2)C2CCCC2)CC1. The quantitative estimate of drug-likeness (QED) is 0.765. The van der Waals surface area contributed by atoms with Crippen LogP contribution in [0.1, 0.15) is 58.8 Å². The van der Waals surface area contributed by atoms with Crippen LogP contribution in [-0.2, 0) is 9.59 Å². The number of carbonyl (C=O) groups is 2. The summed E-state index contributed by atoms with van der Waals surface area (Å²) in [5.41, 5.74) is 0. The fourth-order valence-electron chi connectivity index (χ4n) is 4.78. The van der Waals surface area contributed by atoms with E-state index in [1.165, 1.54) is 25.7 Å². The van der Waals surface area contributed by atoms with Crippen molar-refractivity contribution in [1.82, 2.24) is 14.7 Å². The first-order chi connectivity index (χ1) is 12.1. The summed E-state index contributed by atoms with van der Waals surface area (Å²) in [6.45, 7) is 9.33. The smallest absolute Gasteiger partial charge is 0.240 e. The lowest BCUT2D eigenvalue weighted by molar-refractivity contribution is -0.140. The van der Waals surface area contributed by atoms with Gasteiger partial charge >= 0.3 is 0 Å². The van der Waals surface area contributed by atoms with Crippen molar-refractivity contribution >= 4 is 11.8 Å². The molecule has 1 aliphatic carbocycles. The minimum absolute atomic E-state index is 0.0583. The summed E-state index contributed by atoms with van der Waals surface area (Å²) in [4.78, 5) is 32.0. The predicted octanol–water partition coefficient (Wildman–Crippen LogP) is 2.36. The second kappa shape index (κ2) is 8.52. The molecule has 0 spiro atoms. The van der Waals surface area contributed by atoms with E-state index >= 15 is 0 Å². The second-order valence-electron chi connectivity index (χ2n) is 8.54. The molecule has 25 heavy (non-hydrogen) atoms. The summed E-state index contributed by atoms with van der Waals surface area (Å²) in [6, 6.07) is 0.0583. The fourth-order valence-corrected chi connectivity index (χ4v) is 4.78. The van der Waals surface area contributed by atoms with Crippen molar-refractivity contribution in [2.24, 2.45) is 11.8 Å². The molecule has 5 nitrogen and oxygen atoms in total. The maximum atomic E-state index is 13.2. The molecular weight excluding hydrogens is 314 g/mol. The highest BCUT2D eigenvalue weighted by atomic mass is 16.2. The zero-order valence-corrected chi connectivity index (χ0v) is 16.1. The highest BCUT2D eigenvalue weighted by Gasteiger charge is 2.39. The number of rotatable bonds is 5. The van der Waals surface area contributed by atoms with E-state index in [-0.39, 0.29) is 11.9 Å². The molecule has 2 aliphatic heterocycles. The van der Waals surface area contributed by atoms with E-state index in [4.69, 9.17) is 0 Å². The number of nitrogens with zero attached hydrogens (tertiary/aromatic N) is 3. The Bertz CT molecular complexity index is 460. The van der Waals surface area contributed by atoms with Crippen LogP contribution >= 0.6 is 0 Å². The largest absolute Gasteiger partial charge is 0.341 e. The van der Waals surface area contributed by atoms with E-state index in [0.717, 1.165) is 52.1 Å². The van der Waals surface area contributed by atoms with Gasteiger partial charge in [0.05, 0.1) is 6.04 Å². The average Bonchev–Trinajstić information content (AvgIpc) is 3.29. The van der Waals surface area contributed by atoms with E-state index in [1.807, 2.05) is 4.90 Å². The summed E-state index contributed by atoms with van der Waals surface area (Å²) in [7, 11) is 0. The lowest BCUT2D eigenvalue weighted by Crippen LogP contribution is -2.58. The Labute approximate surface area is 152 Å². The average molecular weight is 350 g/mol. The molecule has 1 unspecified atom stereocenters. The van der Waals surface area contributed by atoms with E-state index in [1.54, 1.807) is 0 Å². The zero-order valence-electron chi connectivity index (χ0n) is 16.1. The molecule has 2 amide bonds. The van der Waals surface area contributed by atoms with Crippen molar-refractivity contribution in [2.75, 3.05) is 39.3 Å². The van der Waals surface area contributed by atoms with Gasteiger partial charge in [-0.05, 0) is 37.5 Å². The highest BCUT2D eigenvalue weighted by Crippen LogP contribution is 2.32. The third-order valence-corrected chi connectivity index (χ3v) is 6.16. The van der Waals surface area contributed by atoms with E-state index in [0.29, 0.717) is 24.2 Å². The molecule has 0 aromatic carbocycles. The first-order valence-electron chi connectivity index (χ1n) is 10.4. The molecule has 1 atom stereocenters. The number of likely N-dealkylation sites (tertiary alicyclic amines) is 1. The van der Waals surface area contributed by atoms with Crippen LogP contribution in [0.2, 0.25) is 0 Å². The number of hydrogen-bond donors (Lipinski definition) is 0. The van der Waals surface area contributed by atoms with Gasteiger partial charge in [0.25, 0.3) is 0 Å². The minimum Gasteiger partial charge on any atom is -0.341 e. The van der Waals surface area contributed by atoms with Gasteiger partial charge in [0.15, 0.2) is 0 Å². The Hall–Kier alpha value is -1.10. The minimum atomic E-state index is 0.0583. The molecule has 3 aliphatic rings. The number of piperazine rings is 1. The predicted molar refractivity (Wildman–Crippen MR) is 99.2 cm³/mol. The normalized spacial score (nSPS) is 24.3. The van der Waals surface area contributed by atoms with Gasteiger partial charge in [-0.3, -0.25) is 14.5 Å². The Morgan fingerprint density at radius 1 is 0.840 bits per heavy atom. The molecular formula is C20H35N3O2. The third-order valence-electron chi connectivity index (χ3n) is 6.16. The summed E-state index contributed by atoms with van der Waals surface area (Å²) in [5.74, 6) is 1.57. The first kappa shape index (κ1) is 18.7. The van der Waals surface area contributed by atoms with Crippen molar-refractivity contribution in [3.63, 3.8) is 0 Å². The molecule has 1 saturated carbocycles. The first-order valence-corrected chi connectivity index (χ1v) is 10.4. The van der Waals surface area contributed by atoms with Crippen molar-refractivity contribution in [3.8, 4) is 0 Å². The van der Waals surface area contributed by atoms with Crippen molar-refractivity contribution in [2.45, 2.75) is 64.8 Å². The van der Waals surface area contributed by atoms with Gasteiger partial charge in [0.1, 0.15) is 0 Å². The molecule has 0 N–H and O–H groups in total. The number of amides is 2. The summed E-state index contributed by atoms with van der Waals surface area (Å²) in [6.07, 6.45) is 7.86. The van der Waals surface area contributed by atoms with Crippen molar-refractivity contribution in [1.29, 1.82) is 0 Å².